The van der Waals surface area contributed by atoms with Gasteiger partial charge in [-0.3, -0.25) is 4.99 Å². The molecular weight excluding hydrogens is 350 g/mol. The van der Waals surface area contributed by atoms with Crippen LogP contribution in [0.5, 0.6) is 0 Å². The zero-order valence-corrected chi connectivity index (χ0v) is 16.9. The fourth-order valence-electron chi connectivity index (χ4n) is 3.62. The van der Waals surface area contributed by atoms with E-state index in [-0.39, 0.29) is 17.2 Å². The van der Waals surface area contributed by atoms with E-state index in [4.69, 9.17) is 10.5 Å². The highest BCUT2D eigenvalue weighted by atomic mass is 16.5. The predicted molar refractivity (Wildman–Crippen MR) is 110 cm³/mol. The van der Waals surface area contributed by atoms with Crippen molar-refractivity contribution in [3.05, 3.63) is 71.1 Å². The Bertz CT molecular complexity index is 997. The molecule has 0 saturated carbocycles. The van der Waals surface area contributed by atoms with E-state index in [0.29, 0.717) is 11.3 Å². The zero-order chi connectivity index (χ0) is 20.5. The molecule has 2 aromatic rings. The fourth-order valence-corrected chi connectivity index (χ4v) is 3.62. The number of nitrogens with zero attached hydrogens (tertiary/aromatic N) is 4. The van der Waals surface area contributed by atoms with Crippen molar-refractivity contribution in [2.24, 2.45) is 16.1 Å². The van der Waals surface area contributed by atoms with Crippen LogP contribution in [0.2, 0.25) is 0 Å². The Morgan fingerprint density at radius 3 is 2.46 bits per heavy atom. The zero-order valence-electron chi connectivity index (χ0n) is 16.9. The Kier molecular flexibility index (Phi) is 5.10. The largest absolute Gasteiger partial charge is 0.445 e. The number of benzene rings is 1. The third kappa shape index (κ3) is 3.44. The second kappa shape index (κ2) is 7.35. The molecule has 1 atom stereocenters. The van der Waals surface area contributed by atoms with E-state index in [1.54, 1.807) is 17.9 Å². The van der Waals surface area contributed by atoms with Crippen molar-refractivity contribution in [2.45, 2.75) is 33.6 Å². The molecule has 144 valence electrons. The molecule has 1 aromatic heterocycles. The SMILES string of the molecule is CN=C(C1=C(C)OC(N)=C(C#N)C1c1ccc(-n2cccn2)cc1)C(C)(C)C. The summed E-state index contributed by atoms with van der Waals surface area (Å²) in [5, 5.41) is 14.1. The third-order valence-electron chi connectivity index (χ3n) is 4.79. The average Bonchev–Trinajstić information content (AvgIpc) is 3.17. The van der Waals surface area contributed by atoms with Gasteiger partial charge in [0.2, 0.25) is 5.88 Å². The normalized spacial score (nSPS) is 18.1. The Morgan fingerprint density at radius 2 is 1.96 bits per heavy atom. The van der Waals surface area contributed by atoms with Crippen molar-refractivity contribution in [1.29, 1.82) is 5.26 Å². The van der Waals surface area contributed by atoms with Gasteiger partial charge in [0.1, 0.15) is 17.4 Å². The van der Waals surface area contributed by atoms with E-state index < -0.39 is 0 Å². The topological polar surface area (TPSA) is 89.2 Å². The van der Waals surface area contributed by atoms with Gasteiger partial charge in [0.05, 0.1) is 11.6 Å². The van der Waals surface area contributed by atoms with Gasteiger partial charge in [0, 0.05) is 36.1 Å². The Labute approximate surface area is 165 Å². The predicted octanol–water partition coefficient (Wildman–Crippen LogP) is 4.07. The van der Waals surface area contributed by atoms with Crippen molar-refractivity contribution in [2.75, 3.05) is 7.05 Å². The molecule has 2 N–H and O–H groups in total. The lowest BCUT2D eigenvalue weighted by Gasteiger charge is -2.33. The number of aromatic nitrogens is 2. The average molecular weight is 375 g/mol. The fraction of sp³-hybridized carbons (Fsp3) is 0.318. The molecule has 3 rings (SSSR count). The highest BCUT2D eigenvalue weighted by Crippen LogP contribution is 2.42. The van der Waals surface area contributed by atoms with Crippen LogP contribution in [0.1, 0.15) is 39.2 Å². The van der Waals surface area contributed by atoms with Gasteiger partial charge in [-0.05, 0) is 30.7 Å². The Hall–Kier alpha value is -3.33. The third-order valence-corrected chi connectivity index (χ3v) is 4.79. The van der Waals surface area contributed by atoms with Crippen LogP contribution < -0.4 is 5.73 Å². The van der Waals surface area contributed by atoms with Crippen LogP contribution >= 0.6 is 0 Å². The molecule has 6 heteroatoms. The molecule has 0 radical (unpaired) electrons. The molecule has 2 heterocycles. The number of nitriles is 1. The van der Waals surface area contributed by atoms with E-state index in [2.05, 4.69) is 36.9 Å². The number of rotatable bonds is 3. The first-order valence-corrected chi connectivity index (χ1v) is 9.14. The minimum Gasteiger partial charge on any atom is -0.445 e. The van der Waals surface area contributed by atoms with Crippen LogP contribution in [-0.4, -0.2) is 22.5 Å². The molecule has 0 fully saturated rings. The molecule has 1 unspecified atom stereocenters. The van der Waals surface area contributed by atoms with Crippen molar-refractivity contribution < 1.29 is 4.74 Å². The molecule has 6 nitrogen and oxygen atoms in total. The lowest BCUT2D eigenvalue weighted by atomic mass is 9.74. The van der Waals surface area contributed by atoms with Gasteiger partial charge in [-0.15, -0.1) is 0 Å². The summed E-state index contributed by atoms with van der Waals surface area (Å²) in [5.74, 6) is 0.491. The maximum absolute atomic E-state index is 9.81. The summed E-state index contributed by atoms with van der Waals surface area (Å²) in [4.78, 5) is 4.55. The summed E-state index contributed by atoms with van der Waals surface area (Å²) in [6.45, 7) is 8.17. The monoisotopic (exact) mass is 375 g/mol. The summed E-state index contributed by atoms with van der Waals surface area (Å²) >= 11 is 0. The van der Waals surface area contributed by atoms with Crippen molar-refractivity contribution in [3.63, 3.8) is 0 Å². The highest BCUT2D eigenvalue weighted by Gasteiger charge is 2.37. The molecule has 1 aromatic carbocycles. The minimum absolute atomic E-state index is 0.147. The molecule has 1 aliphatic heterocycles. The van der Waals surface area contributed by atoms with E-state index in [9.17, 15) is 5.26 Å². The smallest absolute Gasteiger partial charge is 0.205 e. The first kappa shape index (κ1) is 19.4. The first-order chi connectivity index (χ1) is 13.3. The van der Waals surface area contributed by atoms with E-state index >= 15 is 0 Å². The number of ether oxygens (including phenoxy) is 1. The van der Waals surface area contributed by atoms with Crippen LogP contribution in [0.4, 0.5) is 0 Å². The molecule has 0 aliphatic carbocycles. The number of hydrogen-bond donors (Lipinski definition) is 1. The summed E-state index contributed by atoms with van der Waals surface area (Å²) < 4.78 is 7.53. The van der Waals surface area contributed by atoms with Crippen molar-refractivity contribution in [1.82, 2.24) is 9.78 Å². The Balaban J connectivity index is 2.15. The van der Waals surface area contributed by atoms with Gasteiger partial charge in [0.15, 0.2) is 0 Å². The van der Waals surface area contributed by atoms with Gasteiger partial charge in [-0.2, -0.15) is 10.4 Å². The molecular formula is C22H25N5O. The van der Waals surface area contributed by atoms with Gasteiger partial charge < -0.3 is 10.5 Å². The van der Waals surface area contributed by atoms with Crippen LogP contribution in [-0.2, 0) is 4.74 Å². The molecule has 28 heavy (non-hydrogen) atoms. The van der Waals surface area contributed by atoms with Crippen molar-refractivity contribution >= 4 is 5.71 Å². The van der Waals surface area contributed by atoms with Crippen LogP contribution in [0.25, 0.3) is 5.69 Å². The van der Waals surface area contributed by atoms with E-state index in [1.807, 2.05) is 43.5 Å². The van der Waals surface area contributed by atoms with Crippen LogP contribution in [0, 0.1) is 16.7 Å². The maximum Gasteiger partial charge on any atom is 0.205 e. The minimum atomic E-state index is -0.330. The number of hydrogen-bond acceptors (Lipinski definition) is 5. The van der Waals surface area contributed by atoms with Gasteiger partial charge in [0.25, 0.3) is 0 Å². The van der Waals surface area contributed by atoms with Crippen LogP contribution in [0.15, 0.2) is 70.5 Å². The summed E-state index contributed by atoms with van der Waals surface area (Å²) in [5.41, 5.74) is 9.95. The lowest BCUT2D eigenvalue weighted by Crippen LogP contribution is -2.31. The second-order valence-electron chi connectivity index (χ2n) is 7.76. The molecule has 1 aliphatic rings. The lowest BCUT2D eigenvalue weighted by molar-refractivity contribution is 0.283. The second-order valence-corrected chi connectivity index (χ2v) is 7.76. The van der Waals surface area contributed by atoms with Crippen LogP contribution in [0.3, 0.4) is 0 Å². The molecule has 0 spiro atoms. The Morgan fingerprint density at radius 1 is 1.29 bits per heavy atom. The molecule has 0 saturated heterocycles. The highest BCUT2D eigenvalue weighted by molar-refractivity contribution is 6.06. The number of allylic oxidation sites excluding steroid dienone is 3. The van der Waals surface area contributed by atoms with E-state index in [0.717, 1.165) is 22.5 Å². The maximum atomic E-state index is 9.81. The van der Waals surface area contributed by atoms with Gasteiger partial charge in [-0.25, -0.2) is 4.68 Å². The van der Waals surface area contributed by atoms with Gasteiger partial charge >= 0.3 is 0 Å². The quantitative estimate of drug-likeness (QED) is 0.819. The number of nitrogens with two attached hydrogens (primary N) is 1. The van der Waals surface area contributed by atoms with Gasteiger partial charge in [-0.1, -0.05) is 32.9 Å². The van der Waals surface area contributed by atoms with Crippen molar-refractivity contribution in [3.8, 4) is 11.8 Å². The van der Waals surface area contributed by atoms with E-state index in [1.165, 1.54) is 0 Å². The summed E-state index contributed by atoms with van der Waals surface area (Å²) in [6, 6.07) is 12.1. The summed E-state index contributed by atoms with van der Waals surface area (Å²) in [7, 11) is 1.77. The molecule has 0 bridgehead atoms. The summed E-state index contributed by atoms with van der Waals surface area (Å²) in [6.07, 6.45) is 3.63. The number of aliphatic imine (C=N–C) groups is 1. The molecule has 0 amide bonds. The standard InChI is InChI=1S/C22H25N5O/c1-14-18(20(25-5)22(2,3)4)19(17(13-23)21(24)28-14)15-7-9-16(10-8-15)27-12-6-11-26-27/h6-12,19H,24H2,1-5H3. The first-order valence-electron chi connectivity index (χ1n) is 9.14.